The van der Waals surface area contributed by atoms with Gasteiger partial charge in [-0.05, 0) is 44.6 Å². The largest absolute Gasteiger partial charge is 0.345 e. The minimum absolute atomic E-state index is 0.925. The average molecular weight is 332 g/mol. The van der Waals surface area contributed by atoms with E-state index in [4.69, 9.17) is 9.97 Å². The summed E-state index contributed by atoms with van der Waals surface area (Å²) in [5, 5.41) is 1.38. The quantitative estimate of drug-likeness (QED) is 0.934. The van der Waals surface area contributed by atoms with Crippen molar-refractivity contribution < 1.29 is 4.90 Å². The van der Waals surface area contributed by atoms with Crippen LogP contribution in [0.1, 0.15) is 42.5 Å². The molecule has 0 saturated carbocycles. The predicted molar refractivity (Wildman–Crippen MR) is 96.9 cm³/mol. The molecule has 1 aliphatic heterocycles. The first-order valence-electron chi connectivity index (χ1n) is 9.13. The van der Waals surface area contributed by atoms with Crippen LogP contribution >= 0.6 is 11.3 Å². The summed E-state index contributed by atoms with van der Waals surface area (Å²) in [6.07, 6.45) is 6.39. The molecule has 0 aromatic carbocycles. The molecule has 124 valence electrons. The lowest BCUT2D eigenvalue weighted by atomic mass is 9.97. The molecule has 1 N–H and O–H groups in total. The molecule has 0 radical (unpaired) electrons. The standard InChI is InChI=1S/C18H26N4S/c1-3-8-21-9-11-22(12-10-21)17-16-14-6-4-5-7-15(14)23-18(16)20-13(2)19-17/h3-12H2,1-2H3/p+1. The monoisotopic (exact) mass is 331 g/mol. The fourth-order valence-corrected chi connectivity index (χ4v) is 5.41. The summed E-state index contributed by atoms with van der Waals surface area (Å²) in [6, 6.07) is 0. The van der Waals surface area contributed by atoms with E-state index in [1.54, 1.807) is 15.3 Å². The SMILES string of the molecule is CCC[NH+]1CCN(c2nc(C)nc3sc4c(c23)CCCC4)CC1. The zero-order chi connectivity index (χ0) is 15.8. The van der Waals surface area contributed by atoms with E-state index in [1.807, 2.05) is 18.3 Å². The van der Waals surface area contributed by atoms with E-state index in [0.29, 0.717) is 0 Å². The first kappa shape index (κ1) is 15.3. The number of fused-ring (bicyclic) bond motifs is 3. The highest BCUT2D eigenvalue weighted by Crippen LogP contribution is 2.39. The van der Waals surface area contributed by atoms with Crippen molar-refractivity contribution >= 4 is 27.4 Å². The molecule has 1 aliphatic carbocycles. The number of anilines is 1. The van der Waals surface area contributed by atoms with Crippen LogP contribution in [0.4, 0.5) is 5.82 Å². The zero-order valence-corrected chi connectivity index (χ0v) is 15.1. The van der Waals surface area contributed by atoms with E-state index >= 15 is 0 Å². The van der Waals surface area contributed by atoms with Crippen LogP contribution in [0.25, 0.3) is 10.2 Å². The molecule has 0 atom stereocenters. The first-order valence-corrected chi connectivity index (χ1v) is 9.95. The lowest BCUT2D eigenvalue weighted by Gasteiger charge is -2.33. The van der Waals surface area contributed by atoms with Crippen molar-refractivity contribution in [2.24, 2.45) is 0 Å². The van der Waals surface area contributed by atoms with Crippen LogP contribution in [0.5, 0.6) is 0 Å². The Morgan fingerprint density at radius 3 is 2.70 bits per heavy atom. The molecule has 2 aromatic rings. The van der Waals surface area contributed by atoms with Crippen LogP contribution in [-0.2, 0) is 12.8 Å². The van der Waals surface area contributed by atoms with E-state index in [9.17, 15) is 0 Å². The van der Waals surface area contributed by atoms with Gasteiger partial charge in [0.25, 0.3) is 0 Å². The molecule has 1 saturated heterocycles. The van der Waals surface area contributed by atoms with Crippen LogP contribution in [-0.4, -0.2) is 42.7 Å². The third-order valence-electron chi connectivity index (χ3n) is 5.28. The van der Waals surface area contributed by atoms with Gasteiger partial charge in [-0.25, -0.2) is 9.97 Å². The Kier molecular flexibility index (Phi) is 4.24. The number of quaternary nitrogens is 1. The Balaban J connectivity index is 1.70. The number of aromatic nitrogens is 2. The van der Waals surface area contributed by atoms with Gasteiger partial charge in [0.1, 0.15) is 16.5 Å². The molecule has 2 aromatic heterocycles. The molecule has 0 spiro atoms. The summed E-state index contributed by atoms with van der Waals surface area (Å²) >= 11 is 1.92. The Morgan fingerprint density at radius 2 is 1.91 bits per heavy atom. The normalized spacial score (nSPS) is 19.3. The van der Waals surface area contributed by atoms with Gasteiger partial charge in [0.05, 0.1) is 38.1 Å². The molecular weight excluding hydrogens is 304 g/mol. The van der Waals surface area contributed by atoms with Gasteiger partial charge in [-0.15, -0.1) is 11.3 Å². The first-order chi connectivity index (χ1) is 11.3. The average Bonchev–Trinajstić information content (AvgIpc) is 2.93. The van der Waals surface area contributed by atoms with Gasteiger partial charge < -0.3 is 9.80 Å². The topological polar surface area (TPSA) is 33.5 Å². The summed E-state index contributed by atoms with van der Waals surface area (Å²) in [7, 11) is 0. The second-order valence-corrected chi connectivity index (χ2v) is 8.06. The summed E-state index contributed by atoms with van der Waals surface area (Å²) in [6.45, 7) is 10.4. The minimum Gasteiger partial charge on any atom is -0.345 e. The van der Waals surface area contributed by atoms with Crippen molar-refractivity contribution in [1.82, 2.24) is 9.97 Å². The molecule has 5 heteroatoms. The van der Waals surface area contributed by atoms with Gasteiger partial charge in [0, 0.05) is 4.88 Å². The van der Waals surface area contributed by atoms with Crippen molar-refractivity contribution in [3.8, 4) is 0 Å². The number of nitrogens with one attached hydrogen (secondary N) is 1. The molecule has 4 nitrogen and oxygen atoms in total. The number of hydrogen-bond acceptors (Lipinski definition) is 4. The van der Waals surface area contributed by atoms with Gasteiger partial charge in [-0.2, -0.15) is 0 Å². The molecule has 23 heavy (non-hydrogen) atoms. The number of hydrogen-bond donors (Lipinski definition) is 1. The molecule has 4 rings (SSSR count). The summed E-state index contributed by atoms with van der Waals surface area (Å²) in [5.41, 5.74) is 1.56. The minimum atomic E-state index is 0.925. The Morgan fingerprint density at radius 1 is 1.13 bits per heavy atom. The van der Waals surface area contributed by atoms with E-state index in [2.05, 4.69) is 11.8 Å². The number of rotatable bonds is 3. The Labute approximate surface area is 142 Å². The molecule has 3 heterocycles. The molecule has 2 aliphatic rings. The van der Waals surface area contributed by atoms with Crippen molar-refractivity contribution in [1.29, 1.82) is 0 Å². The third-order valence-corrected chi connectivity index (χ3v) is 6.47. The Hall–Kier alpha value is -1.20. The number of thiophene rings is 1. The predicted octanol–water partition coefficient (Wildman–Crippen LogP) is 1.99. The van der Waals surface area contributed by atoms with Crippen molar-refractivity contribution in [3.05, 3.63) is 16.3 Å². The van der Waals surface area contributed by atoms with Gasteiger partial charge in [0.15, 0.2) is 0 Å². The number of nitrogens with zero attached hydrogens (tertiary/aromatic N) is 3. The maximum Gasteiger partial charge on any atom is 0.141 e. The van der Waals surface area contributed by atoms with E-state index in [1.165, 1.54) is 67.8 Å². The molecule has 0 amide bonds. The lowest BCUT2D eigenvalue weighted by molar-refractivity contribution is -0.900. The van der Waals surface area contributed by atoms with Crippen molar-refractivity contribution in [3.63, 3.8) is 0 Å². The van der Waals surface area contributed by atoms with Gasteiger partial charge in [0.2, 0.25) is 0 Å². The van der Waals surface area contributed by atoms with Gasteiger partial charge in [-0.3, -0.25) is 0 Å². The lowest BCUT2D eigenvalue weighted by Crippen LogP contribution is -3.14. The van der Waals surface area contributed by atoms with E-state index in [0.717, 1.165) is 18.9 Å². The van der Waals surface area contributed by atoms with E-state index in [-0.39, 0.29) is 0 Å². The van der Waals surface area contributed by atoms with Crippen LogP contribution < -0.4 is 9.80 Å². The highest BCUT2D eigenvalue weighted by atomic mass is 32.1. The van der Waals surface area contributed by atoms with Crippen LogP contribution in [0.15, 0.2) is 0 Å². The molecule has 1 fully saturated rings. The number of aryl methyl sites for hydroxylation is 3. The van der Waals surface area contributed by atoms with Crippen molar-refractivity contribution in [2.75, 3.05) is 37.6 Å². The summed E-state index contributed by atoms with van der Waals surface area (Å²) in [4.78, 5) is 16.7. The summed E-state index contributed by atoms with van der Waals surface area (Å²) in [5.74, 6) is 2.15. The van der Waals surface area contributed by atoms with Crippen LogP contribution in [0, 0.1) is 6.92 Å². The zero-order valence-electron chi connectivity index (χ0n) is 14.3. The fraction of sp³-hybridized carbons (Fsp3) is 0.667. The molecular formula is C18H27N4S+. The van der Waals surface area contributed by atoms with Crippen LogP contribution in [0.3, 0.4) is 0 Å². The maximum atomic E-state index is 4.89. The highest BCUT2D eigenvalue weighted by Gasteiger charge is 2.26. The van der Waals surface area contributed by atoms with Crippen molar-refractivity contribution in [2.45, 2.75) is 46.0 Å². The molecule has 0 bridgehead atoms. The van der Waals surface area contributed by atoms with Gasteiger partial charge in [-0.1, -0.05) is 6.92 Å². The molecule has 0 unspecified atom stereocenters. The maximum absolute atomic E-state index is 4.89. The van der Waals surface area contributed by atoms with Gasteiger partial charge >= 0.3 is 0 Å². The fourth-order valence-electron chi connectivity index (χ4n) is 4.11. The van der Waals surface area contributed by atoms with Crippen LogP contribution in [0.2, 0.25) is 0 Å². The summed E-state index contributed by atoms with van der Waals surface area (Å²) < 4.78 is 0. The third kappa shape index (κ3) is 2.85. The smallest absolute Gasteiger partial charge is 0.141 e. The highest BCUT2D eigenvalue weighted by molar-refractivity contribution is 7.19. The second kappa shape index (κ2) is 6.36. The Bertz CT molecular complexity index is 701. The second-order valence-electron chi connectivity index (χ2n) is 6.97. The van der Waals surface area contributed by atoms with E-state index < -0.39 is 0 Å². The number of piperazine rings is 1.